The van der Waals surface area contributed by atoms with E-state index in [1.807, 2.05) is 20.8 Å². The van der Waals surface area contributed by atoms with Crippen LogP contribution in [0.25, 0.3) is 0 Å². The number of hydrogen-bond donors (Lipinski definition) is 2. The lowest BCUT2D eigenvalue weighted by Crippen LogP contribution is -2.43. The first-order valence-electron chi connectivity index (χ1n) is 6.26. The molecule has 104 valence electrons. The minimum atomic E-state index is -0.477. The number of amidine groups is 1. The monoisotopic (exact) mass is 257 g/mol. The van der Waals surface area contributed by atoms with E-state index in [-0.39, 0.29) is 17.8 Å². The number of nitrogens with zero attached hydrogens (tertiary/aromatic N) is 2. The van der Waals surface area contributed by atoms with Crippen LogP contribution >= 0.6 is 0 Å². The van der Waals surface area contributed by atoms with E-state index in [1.54, 1.807) is 4.90 Å². The summed E-state index contributed by atoms with van der Waals surface area (Å²) in [6, 6.07) is 0. The first-order chi connectivity index (χ1) is 8.31. The van der Waals surface area contributed by atoms with Gasteiger partial charge in [-0.05, 0) is 39.5 Å². The summed E-state index contributed by atoms with van der Waals surface area (Å²) in [5.74, 6) is 0.452. The van der Waals surface area contributed by atoms with Crippen molar-refractivity contribution in [2.24, 2.45) is 16.8 Å². The molecule has 1 heterocycles. The molecule has 1 fully saturated rings. The van der Waals surface area contributed by atoms with Crippen LogP contribution < -0.4 is 5.73 Å². The Balaban J connectivity index is 2.50. The summed E-state index contributed by atoms with van der Waals surface area (Å²) in [7, 11) is 0. The highest BCUT2D eigenvalue weighted by Crippen LogP contribution is 2.21. The van der Waals surface area contributed by atoms with Crippen molar-refractivity contribution in [2.45, 2.75) is 45.6 Å². The van der Waals surface area contributed by atoms with Crippen LogP contribution in [0.15, 0.2) is 5.16 Å². The summed E-state index contributed by atoms with van der Waals surface area (Å²) in [4.78, 5) is 13.6. The number of amides is 1. The number of piperidine rings is 1. The zero-order chi connectivity index (χ0) is 13.8. The maximum Gasteiger partial charge on any atom is 0.410 e. The van der Waals surface area contributed by atoms with Crippen molar-refractivity contribution in [3.05, 3.63) is 0 Å². The first-order valence-corrected chi connectivity index (χ1v) is 6.26. The molecule has 0 spiro atoms. The zero-order valence-electron chi connectivity index (χ0n) is 11.3. The Kier molecular flexibility index (Phi) is 4.81. The Morgan fingerprint density at radius 1 is 1.56 bits per heavy atom. The maximum atomic E-state index is 11.9. The molecule has 0 aromatic heterocycles. The predicted octanol–water partition coefficient (Wildman–Crippen LogP) is 1.77. The topological polar surface area (TPSA) is 88.2 Å². The lowest BCUT2D eigenvalue weighted by molar-refractivity contribution is 0.0169. The fourth-order valence-corrected chi connectivity index (χ4v) is 2.06. The Morgan fingerprint density at radius 2 is 2.22 bits per heavy atom. The second-order valence-corrected chi connectivity index (χ2v) is 5.73. The van der Waals surface area contributed by atoms with E-state index in [4.69, 9.17) is 15.7 Å². The Labute approximate surface area is 108 Å². The van der Waals surface area contributed by atoms with Crippen LogP contribution in [0.1, 0.15) is 40.0 Å². The minimum absolute atomic E-state index is 0.214. The van der Waals surface area contributed by atoms with Gasteiger partial charge in [0.2, 0.25) is 0 Å². The van der Waals surface area contributed by atoms with Crippen molar-refractivity contribution in [3.63, 3.8) is 0 Å². The van der Waals surface area contributed by atoms with Gasteiger partial charge in [-0.2, -0.15) is 0 Å². The van der Waals surface area contributed by atoms with Crippen LogP contribution in [-0.2, 0) is 4.74 Å². The molecule has 1 rings (SSSR count). The van der Waals surface area contributed by atoms with E-state index in [9.17, 15) is 4.79 Å². The summed E-state index contributed by atoms with van der Waals surface area (Å²) in [5.41, 5.74) is 5.02. The van der Waals surface area contributed by atoms with Crippen LogP contribution in [0.5, 0.6) is 0 Å². The van der Waals surface area contributed by atoms with Crippen molar-refractivity contribution in [1.82, 2.24) is 4.90 Å². The molecule has 3 N–H and O–H groups in total. The molecule has 0 unspecified atom stereocenters. The van der Waals surface area contributed by atoms with E-state index < -0.39 is 5.60 Å². The van der Waals surface area contributed by atoms with Crippen LogP contribution in [0, 0.1) is 5.92 Å². The smallest absolute Gasteiger partial charge is 0.410 e. The van der Waals surface area contributed by atoms with Crippen molar-refractivity contribution in [1.29, 1.82) is 0 Å². The molecule has 1 atom stereocenters. The molecular weight excluding hydrogens is 234 g/mol. The van der Waals surface area contributed by atoms with Gasteiger partial charge < -0.3 is 20.6 Å². The minimum Gasteiger partial charge on any atom is -0.444 e. The van der Waals surface area contributed by atoms with E-state index in [0.717, 1.165) is 12.8 Å². The van der Waals surface area contributed by atoms with E-state index in [1.165, 1.54) is 0 Å². The highest BCUT2D eigenvalue weighted by atomic mass is 16.6. The van der Waals surface area contributed by atoms with Gasteiger partial charge in [-0.1, -0.05) is 5.16 Å². The third kappa shape index (κ3) is 4.81. The van der Waals surface area contributed by atoms with E-state index in [2.05, 4.69) is 5.16 Å². The average molecular weight is 257 g/mol. The highest BCUT2D eigenvalue weighted by molar-refractivity contribution is 5.80. The molecule has 0 aromatic carbocycles. The highest BCUT2D eigenvalue weighted by Gasteiger charge is 2.27. The number of likely N-dealkylation sites (tertiary alicyclic amines) is 1. The third-order valence-electron chi connectivity index (χ3n) is 2.80. The average Bonchev–Trinajstić information content (AvgIpc) is 2.27. The van der Waals surface area contributed by atoms with Crippen LogP contribution in [0.2, 0.25) is 0 Å². The Bertz CT molecular complexity index is 323. The van der Waals surface area contributed by atoms with E-state index >= 15 is 0 Å². The molecule has 1 aliphatic heterocycles. The van der Waals surface area contributed by atoms with Gasteiger partial charge in [-0.15, -0.1) is 0 Å². The molecule has 6 heteroatoms. The number of carbonyl (C=O) groups excluding carboxylic acids is 1. The first kappa shape index (κ1) is 14.6. The van der Waals surface area contributed by atoms with Crippen LogP contribution in [-0.4, -0.2) is 40.7 Å². The van der Waals surface area contributed by atoms with Gasteiger partial charge in [0.1, 0.15) is 11.4 Å². The predicted molar refractivity (Wildman–Crippen MR) is 68.6 cm³/mol. The molecule has 18 heavy (non-hydrogen) atoms. The molecule has 0 saturated carbocycles. The molecule has 1 aliphatic rings. The standard InChI is InChI=1S/C12H23N3O3/c1-12(2,3)18-11(16)15-6-4-5-9(8-15)7-10(13)14-17/h9,17H,4-8H2,1-3H3,(H2,13,14)/t9-/m1/s1. The molecule has 1 amide bonds. The SMILES string of the molecule is CC(C)(C)OC(=O)N1CCC[C@H](C/C(N)=N/O)C1. The lowest BCUT2D eigenvalue weighted by atomic mass is 9.95. The zero-order valence-corrected chi connectivity index (χ0v) is 11.3. The van der Waals surface area contributed by atoms with Crippen LogP contribution in [0.3, 0.4) is 0 Å². The summed E-state index contributed by atoms with van der Waals surface area (Å²) in [5, 5.41) is 11.5. The van der Waals surface area contributed by atoms with Gasteiger partial charge in [0.25, 0.3) is 0 Å². The fourth-order valence-electron chi connectivity index (χ4n) is 2.06. The number of nitrogens with two attached hydrogens (primary N) is 1. The largest absolute Gasteiger partial charge is 0.444 e. The lowest BCUT2D eigenvalue weighted by Gasteiger charge is -2.33. The van der Waals surface area contributed by atoms with E-state index in [0.29, 0.717) is 19.5 Å². The van der Waals surface area contributed by atoms with Crippen molar-refractivity contribution < 1.29 is 14.7 Å². The fraction of sp³-hybridized carbons (Fsp3) is 0.833. The van der Waals surface area contributed by atoms with Gasteiger partial charge in [0, 0.05) is 19.5 Å². The number of rotatable bonds is 2. The van der Waals surface area contributed by atoms with Gasteiger partial charge in [-0.3, -0.25) is 0 Å². The Morgan fingerprint density at radius 3 is 2.78 bits per heavy atom. The molecular formula is C12H23N3O3. The summed E-state index contributed by atoms with van der Waals surface area (Å²) in [6.07, 6.45) is 2.13. The quantitative estimate of drug-likeness (QED) is 0.341. The molecule has 0 bridgehead atoms. The van der Waals surface area contributed by atoms with Crippen molar-refractivity contribution in [3.8, 4) is 0 Å². The molecule has 0 aliphatic carbocycles. The Hall–Kier alpha value is -1.46. The molecule has 1 saturated heterocycles. The van der Waals surface area contributed by atoms with Gasteiger partial charge >= 0.3 is 6.09 Å². The third-order valence-corrected chi connectivity index (χ3v) is 2.80. The number of hydrogen-bond acceptors (Lipinski definition) is 4. The number of carbonyl (C=O) groups is 1. The number of oxime groups is 1. The maximum absolute atomic E-state index is 11.9. The van der Waals surface area contributed by atoms with Crippen molar-refractivity contribution >= 4 is 11.9 Å². The van der Waals surface area contributed by atoms with Gasteiger partial charge in [0.05, 0.1) is 0 Å². The second kappa shape index (κ2) is 5.93. The van der Waals surface area contributed by atoms with Gasteiger partial charge in [-0.25, -0.2) is 4.79 Å². The second-order valence-electron chi connectivity index (χ2n) is 5.73. The van der Waals surface area contributed by atoms with Crippen LogP contribution in [0.4, 0.5) is 4.79 Å². The normalized spacial score (nSPS) is 21.8. The summed E-state index contributed by atoms with van der Waals surface area (Å²) >= 11 is 0. The molecule has 6 nitrogen and oxygen atoms in total. The number of ether oxygens (including phenoxy) is 1. The van der Waals surface area contributed by atoms with Crippen molar-refractivity contribution in [2.75, 3.05) is 13.1 Å². The summed E-state index contributed by atoms with van der Waals surface area (Å²) < 4.78 is 5.33. The van der Waals surface area contributed by atoms with Gasteiger partial charge in [0.15, 0.2) is 0 Å². The summed E-state index contributed by atoms with van der Waals surface area (Å²) in [6.45, 7) is 6.86. The molecule has 0 aromatic rings. The molecule has 0 radical (unpaired) electrons.